The first-order valence-corrected chi connectivity index (χ1v) is 10.7. The molecule has 1 aliphatic heterocycles. The quantitative estimate of drug-likeness (QED) is 0.485. The average molecular weight is 440 g/mol. The van der Waals surface area contributed by atoms with Crippen molar-refractivity contribution >= 4 is 18.0 Å². The van der Waals surface area contributed by atoms with E-state index in [2.05, 4.69) is 0 Å². The second kappa shape index (κ2) is 10.3. The Morgan fingerprint density at radius 3 is 2.22 bits per heavy atom. The van der Waals surface area contributed by atoms with E-state index >= 15 is 0 Å². The summed E-state index contributed by atoms with van der Waals surface area (Å²) < 4.78 is 15.4. The van der Waals surface area contributed by atoms with Gasteiger partial charge in [0.2, 0.25) is 6.79 Å². The summed E-state index contributed by atoms with van der Waals surface area (Å²) in [6.45, 7) is 5.17. The molecule has 2 aromatic rings. The summed E-state index contributed by atoms with van der Waals surface area (Å²) in [6, 6.07) is 17.0. The van der Waals surface area contributed by atoms with Crippen molar-refractivity contribution < 1.29 is 28.6 Å². The lowest BCUT2D eigenvalue weighted by molar-refractivity contribution is -0.175. The van der Waals surface area contributed by atoms with Gasteiger partial charge in [-0.25, -0.2) is 9.59 Å². The molecular formula is C25H29NO6. The predicted molar refractivity (Wildman–Crippen MR) is 118 cm³/mol. The number of carbonyl (C=O) groups is 3. The molecule has 3 rings (SSSR count). The van der Waals surface area contributed by atoms with E-state index in [-0.39, 0.29) is 6.61 Å². The van der Waals surface area contributed by atoms with Crippen LogP contribution >= 0.6 is 0 Å². The fourth-order valence-corrected chi connectivity index (χ4v) is 3.34. The fourth-order valence-electron chi connectivity index (χ4n) is 3.34. The molecule has 170 valence electrons. The third-order valence-electron chi connectivity index (χ3n) is 5.19. The number of ether oxygens (including phenoxy) is 3. The highest BCUT2D eigenvalue weighted by atomic mass is 16.7. The van der Waals surface area contributed by atoms with Crippen LogP contribution in [0.4, 0.5) is 4.79 Å². The molecule has 0 unspecified atom stereocenters. The Bertz CT molecular complexity index is 933. The van der Waals surface area contributed by atoms with Gasteiger partial charge in [-0.2, -0.15) is 0 Å². The molecule has 0 spiro atoms. The van der Waals surface area contributed by atoms with Crippen LogP contribution in [-0.2, 0) is 30.4 Å². The van der Waals surface area contributed by atoms with Gasteiger partial charge in [0.1, 0.15) is 12.6 Å². The van der Waals surface area contributed by atoms with Gasteiger partial charge >= 0.3 is 18.0 Å². The summed E-state index contributed by atoms with van der Waals surface area (Å²) in [4.78, 5) is 38.1. The van der Waals surface area contributed by atoms with E-state index in [0.29, 0.717) is 19.4 Å². The molecule has 1 amide bonds. The molecule has 1 heterocycles. The molecule has 0 radical (unpaired) electrons. The third-order valence-corrected chi connectivity index (χ3v) is 5.19. The lowest BCUT2D eigenvalue weighted by Crippen LogP contribution is -2.42. The number of amides is 1. The van der Waals surface area contributed by atoms with E-state index in [1.165, 1.54) is 4.90 Å². The van der Waals surface area contributed by atoms with Crippen LogP contribution < -0.4 is 0 Å². The van der Waals surface area contributed by atoms with Gasteiger partial charge in [0.05, 0.1) is 5.41 Å². The SMILES string of the molecule is CC(C)(C)C(=O)OCOC(=O)[C@@H]1CCCN1C(=O)OCc1ccc(-c2ccccc2)cc1. The normalized spacial score (nSPS) is 15.8. The van der Waals surface area contributed by atoms with Crippen molar-refractivity contribution in [3.63, 3.8) is 0 Å². The first-order chi connectivity index (χ1) is 15.3. The van der Waals surface area contributed by atoms with Gasteiger partial charge in [-0.1, -0.05) is 54.6 Å². The van der Waals surface area contributed by atoms with Crippen LogP contribution in [0.25, 0.3) is 11.1 Å². The smallest absolute Gasteiger partial charge is 0.410 e. The maximum Gasteiger partial charge on any atom is 0.410 e. The lowest BCUT2D eigenvalue weighted by Gasteiger charge is -2.23. The standard InChI is InChI=1S/C25H29NO6/c1-25(2,3)23(28)32-17-31-22(27)21-10-7-15-26(21)24(29)30-16-18-11-13-20(14-12-18)19-8-5-4-6-9-19/h4-6,8-9,11-14,21H,7,10,15-17H2,1-3H3/t21-/m0/s1. The van der Waals surface area contributed by atoms with Gasteiger partial charge in [0.15, 0.2) is 0 Å². The summed E-state index contributed by atoms with van der Waals surface area (Å²) in [6.07, 6.45) is 0.582. The minimum Gasteiger partial charge on any atom is -0.445 e. The molecule has 1 aliphatic rings. The van der Waals surface area contributed by atoms with Gasteiger partial charge in [-0.05, 0) is 50.3 Å². The van der Waals surface area contributed by atoms with Gasteiger partial charge in [-0.15, -0.1) is 0 Å². The number of rotatable bonds is 6. The van der Waals surface area contributed by atoms with Crippen LogP contribution in [0.15, 0.2) is 54.6 Å². The van der Waals surface area contributed by atoms with Crippen molar-refractivity contribution in [2.24, 2.45) is 5.41 Å². The Labute approximate surface area is 188 Å². The van der Waals surface area contributed by atoms with Crippen molar-refractivity contribution in [2.45, 2.75) is 46.3 Å². The lowest BCUT2D eigenvalue weighted by atomic mass is 9.98. The molecule has 32 heavy (non-hydrogen) atoms. The van der Waals surface area contributed by atoms with Crippen molar-refractivity contribution in [3.8, 4) is 11.1 Å². The Hall–Kier alpha value is -3.35. The number of benzene rings is 2. The average Bonchev–Trinajstić information content (AvgIpc) is 3.28. The Morgan fingerprint density at radius 1 is 0.906 bits per heavy atom. The van der Waals surface area contributed by atoms with Crippen molar-refractivity contribution in [2.75, 3.05) is 13.3 Å². The minimum atomic E-state index is -0.740. The minimum absolute atomic E-state index is 0.107. The largest absolute Gasteiger partial charge is 0.445 e. The van der Waals surface area contributed by atoms with Crippen LogP contribution in [0.5, 0.6) is 0 Å². The molecule has 0 N–H and O–H groups in total. The molecule has 1 saturated heterocycles. The van der Waals surface area contributed by atoms with E-state index in [9.17, 15) is 14.4 Å². The van der Waals surface area contributed by atoms with Crippen LogP contribution in [0, 0.1) is 5.41 Å². The van der Waals surface area contributed by atoms with Crippen LogP contribution in [0.3, 0.4) is 0 Å². The molecule has 0 saturated carbocycles. The van der Waals surface area contributed by atoms with Gasteiger partial charge in [-0.3, -0.25) is 9.69 Å². The van der Waals surface area contributed by atoms with E-state index in [0.717, 1.165) is 16.7 Å². The number of esters is 2. The Morgan fingerprint density at radius 2 is 1.56 bits per heavy atom. The Kier molecular flexibility index (Phi) is 7.51. The molecule has 0 aromatic heterocycles. The molecule has 7 nitrogen and oxygen atoms in total. The monoisotopic (exact) mass is 439 g/mol. The molecule has 2 aromatic carbocycles. The van der Waals surface area contributed by atoms with Crippen molar-refractivity contribution in [1.29, 1.82) is 0 Å². The van der Waals surface area contributed by atoms with Crippen molar-refractivity contribution in [1.82, 2.24) is 4.90 Å². The number of nitrogens with zero attached hydrogens (tertiary/aromatic N) is 1. The van der Waals surface area contributed by atoms with Crippen LogP contribution in [-0.4, -0.2) is 42.3 Å². The zero-order valence-electron chi connectivity index (χ0n) is 18.7. The number of hydrogen-bond acceptors (Lipinski definition) is 6. The van der Waals surface area contributed by atoms with E-state index in [1.54, 1.807) is 20.8 Å². The summed E-state index contributed by atoms with van der Waals surface area (Å²) in [5.41, 5.74) is 2.36. The molecule has 1 fully saturated rings. The second-order valence-corrected chi connectivity index (χ2v) is 8.73. The first-order valence-electron chi connectivity index (χ1n) is 10.7. The van der Waals surface area contributed by atoms with Crippen LogP contribution in [0.1, 0.15) is 39.2 Å². The molecular weight excluding hydrogens is 410 g/mol. The first kappa shape index (κ1) is 23.3. The van der Waals surface area contributed by atoms with Gasteiger partial charge < -0.3 is 14.2 Å². The van der Waals surface area contributed by atoms with E-state index in [1.807, 2.05) is 54.6 Å². The van der Waals surface area contributed by atoms with E-state index < -0.39 is 36.3 Å². The van der Waals surface area contributed by atoms with E-state index in [4.69, 9.17) is 14.2 Å². The number of hydrogen-bond donors (Lipinski definition) is 0. The highest BCUT2D eigenvalue weighted by molar-refractivity contribution is 5.82. The highest BCUT2D eigenvalue weighted by Crippen LogP contribution is 2.22. The summed E-state index contributed by atoms with van der Waals surface area (Å²) in [7, 11) is 0. The summed E-state index contributed by atoms with van der Waals surface area (Å²) in [5, 5.41) is 0. The summed E-state index contributed by atoms with van der Waals surface area (Å²) >= 11 is 0. The van der Waals surface area contributed by atoms with Crippen LogP contribution in [0.2, 0.25) is 0 Å². The van der Waals surface area contributed by atoms with Gasteiger partial charge in [0, 0.05) is 6.54 Å². The maximum atomic E-state index is 12.5. The zero-order valence-corrected chi connectivity index (χ0v) is 18.7. The molecule has 0 aliphatic carbocycles. The second-order valence-electron chi connectivity index (χ2n) is 8.73. The number of likely N-dealkylation sites (tertiary alicyclic amines) is 1. The summed E-state index contributed by atoms with van der Waals surface area (Å²) in [5.74, 6) is -1.07. The number of carbonyl (C=O) groups excluding carboxylic acids is 3. The van der Waals surface area contributed by atoms with Crippen molar-refractivity contribution in [3.05, 3.63) is 60.2 Å². The molecule has 7 heteroatoms. The topological polar surface area (TPSA) is 82.1 Å². The third kappa shape index (κ3) is 6.09. The molecule has 0 bridgehead atoms. The highest BCUT2D eigenvalue weighted by Gasteiger charge is 2.36. The maximum absolute atomic E-state index is 12.5. The molecule has 1 atom stereocenters. The predicted octanol–water partition coefficient (Wildman–Crippen LogP) is 4.54. The zero-order chi connectivity index (χ0) is 23.1. The Balaban J connectivity index is 1.49. The fraction of sp³-hybridized carbons (Fsp3) is 0.400. The van der Waals surface area contributed by atoms with Gasteiger partial charge in [0.25, 0.3) is 0 Å².